The molecule has 0 amide bonds. The predicted molar refractivity (Wildman–Crippen MR) is 111 cm³/mol. The van der Waals surface area contributed by atoms with Gasteiger partial charge in [0.2, 0.25) is 5.88 Å². The van der Waals surface area contributed by atoms with E-state index >= 15 is 0 Å². The minimum Gasteiger partial charge on any atom is -0.470 e. The summed E-state index contributed by atoms with van der Waals surface area (Å²) < 4.78 is 10.8. The van der Waals surface area contributed by atoms with Crippen LogP contribution >= 0.6 is 23.5 Å². The highest BCUT2D eigenvalue weighted by Gasteiger charge is 2.37. The van der Waals surface area contributed by atoms with Gasteiger partial charge in [-0.05, 0) is 40.7 Å². The van der Waals surface area contributed by atoms with Crippen LogP contribution < -0.4 is 10.2 Å². The van der Waals surface area contributed by atoms with Gasteiger partial charge in [0, 0.05) is 11.9 Å². The first-order valence-electron chi connectivity index (χ1n) is 8.46. The average Bonchev–Trinajstić information content (AvgIpc) is 3.00. The second-order valence-corrected chi connectivity index (χ2v) is 10.4. The quantitative estimate of drug-likeness (QED) is 0.529. The summed E-state index contributed by atoms with van der Waals surface area (Å²) >= 11 is 2.78. The van der Waals surface area contributed by atoms with Crippen LogP contribution in [-0.4, -0.2) is 57.7 Å². The molecule has 144 valence electrons. The maximum absolute atomic E-state index is 12.4. The first kappa shape index (κ1) is 21.8. The van der Waals surface area contributed by atoms with E-state index in [0.717, 1.165) is 0 Å². The SMILES string of the molecule is [B]c1ccc(OCC(=O)C2CSC(SC(C)(C)C(=O)OC(C)(C)C)=N2)nc1. The van der Waals surface area contributed by atoms with Crippen LogP contribution in [0.25, 0.3) is 0 Å². The molecule has 1 unspecified atom stereocenters. The van der Waals surface area contributed by atoms with Crippen LogP contribution in [0.1, 0.15) is 34.6 Å². The number of ether oxygens (including phenoxy) is 2. The van der Waals surface area contributed by atoms with Crippen LogP contribution in [0.4, 0.5) is 0 Å². The molecule has 0 spiro atoms. The van der Waals surface area contributed by atoms with Crippen molar-refractivity contribution >= 4 is 53.0 Å². The molecular formula is C18H23BN2O4S2. The van der Waals surface area contributed by atoms with Gasteiger partial charge in [-0.15, -0.1) is 0 Å². The second kappa shape index (κ2) is 8.69. The number of Topliss-reactive ketones (excluding diaryl/α,β-unsaturated/α-hetero) is 1. The molecule has 1 aromatic rings. The lowest BCUT2D eigenvalue weighted by Crippen LogP contribution is -2.36. The smallest absolute Gasteiger partial charge is 0.322 e. The van der Waals surface area contributed by atoms with E-state index in [2.05, 4.69) is 9.98 Å². The van der Waals surface area contributed by atoms with Gasteiger partial charge >= 0.3 is 5.97 Å². The number of nitrogens with zero attached hydrogens (tertiary/aromatic N) is 2. The van der Waals surface area contributed by atoms with Crippen molar-refractivity contribution in [3.05, 3.63) is 18.3 Å². The van der Waals surface area contributed by atoms with Gasteiger partial charge in [0.25, 0.3) is 0 Å². The van der Waals surface area contributed by atoms with E-state index in [1.165, 1.54) is 29.7 Å². The van der Waals surface area contributed by atoms with Gasteiger partial charge in [0.1, 0.15) is 28.6 Å². The van der Waals surface area contributed by atoms with Crippen molar-refractivity contribution < 1.29 is 19.1 Å². The molecular weight excluding hydrogens is 383 g/mol. The average molecular weight is 406 g/mol. The summed E-state index contributed by atoms with van der Waals surface area (Å²) in [6.45, 7) is 8.97. The molecule has 1 aliphatic heterocycles. The maximum atomic E-state index is 12.4. The van der Waals surface area contributed by atoms with Crippen LogP contribution in [0.2, 0.25) is 0 Å². The maximum Gasteiger partial charge on any atom is 0.322 e. The number of hydrogen-bond acceptors (Lipinski definition) is 8. The zero-order valence-corrected chi connectivity index (χ0v) is 17.8. The van der Waals surface area contributed by atoms with Crippen molar-refractivity contribution in [1.29, 1.82) is 0 Å². The molecule has 0 fully saturated rings. The molecule has 2 heterocycles. The molecule has 0 aromatic carbocycles. The topological polar surface area (TPSA) is 77.9 Å². The summed E-state index contributed by atoms with van der Waals surface area (Å²) in [4.78, 5) is 33.1. The number of rotatable bonds is 6. The molecule has 0 saturated carbocycles. The highest BCUT2D eigenvalue weighted by molar-refractivity contribution is 8.39. The van der Waals surface area contributed by atoms with E-state index in [1.54, 1.807) is 26.0 Å². The van der Waals surface area contributed by atoms with Crippen molar-refractivity contribution in [2.24, 2.45) is 4.99 Å². The summed E-state index contributed by atoms with van der Waals surface area (Å²) in [5.74, 6) is 0.430. The third-order valence-electron chi connectivity index (χ3n) is 3.35. The van der Waals surface area contributed by atoms with Crippen LogP contribution in [0.5, 0.6) is 5.88 Å². The van der Waals surface area contributed by atoms with Crippen LogP contribution in [0.3, 0.4) is 0 Å². The molecule has 9 heteroatoms. The van der Waals surface area contributed by atoms with Crippen LogP contribution in [-0.2, 0) is 14.3 Å². The van der Waals surface area contributed by atoms with Gasteiger partial charge in [0.15, 0.2) is 12.4 Å². The van der Waals surface area contributed by atoms with Crippen molar-refractivity contribution in [3.63, 3.8) is 0 Å². The Morgan fingerprint density at radius 1 is 1.30 bits per heavy atom. The number of aliphatic imine (C=N–C) groups is 1. The first-order valence-corrected chi connectivity index (χ1v) is 10.3. The lowest BCUT2D eigenvalue weighted by atomic mass is 9.99. The third kappa shape index (κ3) is 6.88. The highest BCUT2D eigenvalue weighted by Crippen LogP contribution is 2.36. The molecule has 1 aromatic heterocycles. The van der Waals surface area contributed by atoms with E-state index in [1.807, 2.05) is 20.8 Å². The third-order valence-corrected chi connectivity index (χ3v) is 5.75. The molecule has 1 aliphatic rings. The second-order valence-electron chi connectivity index (χ2n) is 7.52. The van der Waals surface area contributed by atoms with Crippen molar-refractivity contribution in [2.75, 3.05) is 12.4 Å². The number of ketones is 1. The van der Waals surface area contributed by atoms with E-state index < -0.39 is 16.4 Å². The fraction of sp³-hybridized carbons (Fsp3) is 0.556. The normalized spacial score (nSPS) is 17.4. The van der Waals surface area contributed by atoms with Gasteiger partial charge in [0.05, 0.1) is 0 Å². The van der Waals surface area contributed by atoms with Gasteiger partial charge in [-0.2, -0.15) is 0 Å². The standard InChI is InChI=1S/C18H23BN2O4S2/c1-17(2,3)25-15(23)18(4,5)27-16-21-12(10-26-16)13(22)9-24-14-7-6-11(19)8-20-14/h6-8,12H,9-10H2,1-5H3. The minimum absolute atomic E-state index is 0.112. The number of pyridine rings is 1. The fourth-order valence-electron chi connectivity index (χ4n) is 1.95. The number of carbonyl (C=O) groups is 2. The van der Waals surface area contributed by atoms with E-state index in [9.17, 15) is 9.59 Å². The van der Waals surface area contributed by atoms with Crippen molar-refractivity contribution in [3.8, 4) is 5.88 Å². The Labute approximate surface area is 169 Å². The lowest BCUT2D eigenvalue weighted by molar-refractivity contribution is -0.156. The Hall–Kier alpha value is -1.48. The molecule has 0 aliphatic carbocycles. The Kier molecular flexibility index (Phi) is 7.02. The molecule has 0 N–H and O–H groups in total. The summed E-state index contributed by atoms with van der Waals surface area (Å²) in [6.07, 6.45) is 1.47. The predicted octanol–water partition coefficient (Wildman–Crippen LogP) is 2.15. The van der Waals surface area contributed by atoms with Crippen molar-refractivity contribution in [2.45, 2.75) is 51.0 Å². The zero-order valence-electron chi connectivity index (χ0n) is 16.1. The van der Waals surface area contributed by atoms with Gasteiger partial charge in [-0.3, -0.25) is 14.6 Å². The minimum atomic E-state index is -0.790. The van der Waals surface area contributed by atoms with Gasteiger partial charge in [-0.25, -0.2) is 4.98 Å². The lowest BCUT2D eigenvalue weighted by Gasteiger charge is -2.27. The summed E-state index contributed by atoms with van der Waals surface area (Å²) in [5.41, 5.74) is -0.0225. The molecule has 2 rings (SSSR count). The molecule has 0 bridgehead atoms. The largest absolute Gasteiger partial charge is 0.470 e. The summed E-state index contributed by atoms with van der Waals surface area (Å²) in [5, 5.41) is 0. The molecule has 2 radical (unpaired) electrons. The van der Waals surface area contributed by atoms with E-state index in [0.29, 0.717) is 21.5 Å². The monoisotopic (exact) mass is 406 g/mol. The van der Waals surface area contributed by atoms with E-state index in [4.69, 9.17) is 17.3 Å². The number of thioether (sulfide) groups is 2. The number of hydrogen-bond donors (Lipinski definition) is 0. The number of carbonyl (C=O) groups excluding carboxylic acids is 2. The van der Waals surface area contributed by atoms with Gasteiger partial charge in [-0.1, -0.05) is 35.1 Å². The molecule has 0 saturated heterocycles. The Morgan fingerprint density at radius 3 is 2.59 bits per heavy atom. The zero-order chi connectivity index (χ0) is 20.2. The van der Waals surface area contributed by atoms with Crippen LogP contribution in [0, 0.1) is 0 Å². The summed E-state index contributed by atoms with van der Waals surface area (Å²) in [7, 11) is 5.56. The Morgan fingerprint density at radius 2 is 2.00 bits per heavy atom. The molecule has 27 heavy (non-hydrogen) atoms. The van der Waals surface area contributed by atoms with Crippen LogP contribution in [0.15, 0.2) is 23.3 Å². The Balaban J connectivity index is 1.90. The Bertz CT molecular complexity index is 730. The summed E-state index contributed by atoms with van der Waals surface area (Å²) in [6, 6.07) is 2.78. The first-order chi connectivity index (χ1) is 12.5. The molecule has 6 nitrogen and oxygen atoms in total. The number of esters is 1. The van der Waals surface area contributed by atoms with Crippen molar-refractivity contribution in [1.82, 2.24) is 4.98 Å². The van der Waals surface area contributed by atoms with Gasteiger partial charge < -0.3 is 9.47 Å². The number of aromatic nitrogens is 1. The van der Waals surface area contributed by atoms with E-state index in [-0.39, 0.29) is 18.4 Å². The highest BCUT2D eigenvalue weighted by atomic mass is 32.2. The fourth-order valence-corrected chi connectivity index (χ4v) is 4.52. The molecule has 1 atom stereocenters.